The largest absolute Gasteiger partial charge is 2.00 e. The van der Waals surface area contributed by atoms with E-state index < -0.39 is 10.4 Å². The van der Waals surface area contributed by atoms with Gasteiger partial charge in [0.2, 0.25) is 0 Å². The third-order valence-electron chi connectivity index (χ3n) is 3.51. The minimum atomic E-state index is -5.17. The number of aliphatic hydroxyl groups excluding tert-OH is 1. The van der Waals surface area contributed by atoms with Crippen LogP contribution in [0.3, 0.4) is 0 Å². The van der Waals surface area contributed by atoms with E-state index in [9.17, 15) is 0 Å². The Morgan fingerprint density at radius 1 is 0.652 bits per heavy atom. The smallest absolute Gasteiger partial charge is 0.759 e. The fourth-order valence-corrected chi connectivity index (χ4v) is 2.31. The van der Waals surface area contributed by atoms with E-state index in [1.165, 1.54) is 83.5 Å². The van der Waals surface area contributed by atoms with Crippen molar-refractivity contribution in [1.29, 1.82) is 0 Å². The molecule has 0 aliphatic rings. The molecular weight excluding hydrogens is 329 g/mol. The van der Waals surface area contributed by atoms with Crippen LogP contribution < -0.4 is 0 Å². The van der Waals surface area contributed by atoms with Gasteiger partial charge in [-0.3, -0.25) is 8.42 Å². The molecule has 136 valence electrons. The molecule has 0 aromatic rings. The van der Waals surface area contributed by atoms with Crippen LogP contribution in [0, 0.1) is 0 Å². The van der Waals surface area contributed by atoms with Gasteiger partial charge in [0.05, 0.1) is 0 Å². The normalized spacial score (nSPS) is 10.6. The molecule has 0 unspecified atom stereocenters. The van der Waals surface area contributed by atoms with Crippen molar-refractivity contribution in [2.24, 2.45) is 0 Å². The van der Waals surface area contributed by atoms with Crippen molar-refractivity contribution >= 4 is 33.5 Å². The Hall–Kier alpha value is 0.596. The van der Waals surface area contributed by atoms with Crippen molar-refractivity contribution < 1.29 is 22.6 Å². The van der Waals surface area contributed by atoms with E-state index in [2.05, 4.69) is 6.92 Å². The average Bonchev–Trinajstić information content (AvgIpc) is 2.42. The van der Waals surface area contributed by atoms with Crippen molar-refractivity contribution in [3.63, 3.8) is 0 Å². The Bertz CT molecular complexity index is 275. The molecule has 0 bridgehead atoms. The predicted octanol–water partition coefficient (Wildman–Crippen LogP) is 3.74. The van der Waals surface area contributed by atoms with Gasteiger partial charge in [0.1, 0.15) is 0 Å². The first kappa shape index (κ1) is 28.4. The second-order valence-electron chi connectivity index (χ2n) is 5.73. The van der Waals surface area contributed by atoms with E-state index in [4.69, 9.17) is 22.6 Å². The van der Waals surface area contributed by atoms with Crippen molar-refractivity contribution in [2.75, 3.05) is 6.61 Å². The zero-order valence-corrected chi connectivity index (χ0v) is 17.0. The average molecular weight is 363 g/mol. The molecule has 23 heavy (non-hydrogen) atoms. The number of aliphatic hydroxyl groups is 1. The van der Waals surface area contributed by atoms with Crippen molar-refractivity contribution in [1.82, 2.24) is 0 Å². The molecule has 0 fully saturated rings. The molecule has 0 aliphatic heterocycles. The first-order valence-corrected chi connectivity index (χ1v) is 10.0. The van der Waals surface area contributed by atoms with Crippen molar-refractivity contribution in [3.8, 4) is 0 Å². The van der Waals surface area contributed by atoms with Crippen LogP contribution in [0.5, 0.6) is 0 Å². The molecule has 0 rings (SSSR count). The molecule has 0 spiro atoms. The molecule has 0 heterocycles. The molecule has 0 saturated heterocycles. The minimum absolute atomic E-state index is 0. The molecule has 0 aromatic carbocycles. The zero-order chi connectivity index (χ0) is 17.1. The minimum Gasteiger partial charge on any atom is -0.759 e. The number of hydrogen-bond acceptors (Lipinski definition) is 5. The Labute approximate surface area is 159 Å². The first-order chi connectivity index (χ1) is 10.4. The van der Waals surface area contributed by atoms with Crippen LogP contribution in [0.4, 0.5) is 0 Å². The number of unbranched alkanes of at least 4 members (excludes halogenated alkanes) is 13. The molecule has 0 aliphatic carbocycles. The van der Waals surface area contributed by atoms with E-state index >= 15 is 0 Å². The van der Waals surface area contributed by atoms with Gasteiger partial charge < -0.3 is 14.2 Å². The molecule has 0 saturated carbocycles. The third-order valence-corrected chi connectivity index (χ3v) is 3.51. The summed E-state index contributed by atoms with van der Waals surface area (Å²) in [5, 5.41) is 8.64. The van der Waals surface area contributed by atoms with Gasteiger partial charge in [0.15, 0.2) is 0 Å². The number of hydrogen-bond donors (Lipinski definition) is 1. The predicted molar refractivity (Wildman–Crippen MR) is 93.6 cm³/mol. The SMILES string of the molecule is CCCCCCCCCCCCCCCCO.O=S(=O)([O-])[O-].[Mg+2]. The summed E-state index contributed by atoms with van der Waals surface area (Å²) < 4.78 is 34.1. The maximum atomic E-state index is 8.64. The molecule has 7 heteroatoms. The monoisotopic (exact) mass is 362 g/mol. The van der Waals surface area contributed by atoms with Crippen LogP contribution in [0.25, 0.3) is 0 Å². The second-order valence-corrected chi connectivity index (χ2v) is 6.54. The summed E-state index contributed by atoms with van der Waals surface area (Å²) in [6, 6.07) is 0. The van der Waals surface area contributed by atoms with Gasteiger partial charge in [-0.15, -0.1) is 0 Å². The van der Waals surface area contributed by atoms with Gasteiger partial charge in [-0.2, -0.15) is 0 Å². The second kappa shape index (κ2) is 22.6. The topological polar surface area (TPSA) is 100 Å². The van der Waals surface area contributed by atoms with Crippen LogP contribution in [0.1, 0.15) is 96.8 Å². The maximum Gasteiger partial charge on any atom is 2.00 e. The molecule has 0 aromatic heterocycles. The van der Waals surface area contributed by atoms with E-state index in [-0.39, 0.29) is 23.1 Å². The summed E-state index contributed by atoms with van der Waals surface area (Å²) in [5.41, 5.74) is 0. The third kappa shape index (κ3) is 45.0. The Morgan fingerprint density at radius 3 is 1.09 bits per heavy atom. The van der Waals surface area contributed by atoms with E-state index in [0.29, 0.717) is 6.61 Å². The molecule has 5 nitrogen and oxygen atoms in total. The molecule has 0 amide bonds. The van der Waals surface area contributed by atoms with Crippen LogP contribution in [0.2, 0.25) is 0 Å². The van der Waals surface area contributed by atoms with Crippen LogP contribution in [-0.4, -0.2) is 52.3 Å². The summed E-state index contributed by atoms with van der Waals surface area (Å²) in [4.78, 5) is 0. The number of rotatable bonds is 14. The van der Waals surface area contributed by atoms with Gasteiger partial charge in [-0.05, 0) is 6.42 Å². The fraction of sp³-hybridized carbons (Fsp3) is 1.00. The first-order valence-electron chi connectivity index (χ1n) is 8.69. The summed E-state index contributed by atoms with van der Waals surface area (Å²) in [6.07, 6.45) is 19.2. The van der Waals surface area contributed by atoms with Gasteiger partial charge >= 0.3 is 23.1 Å². The Kier molecular flexibility index (Phi) is 27.9. The maximum absolute atomic E-state index is 8.64. The standard InChI is InChI=1S/C16H34O.Mg.H2O4S/c1-2-3-4-5-6-7-8-9-10-11-12-13-14-15-16-17;;1-5(2,3)4/h17H,2-16H2,1H3;;(H2,1,2,3,4)/q;+2;/p-2. The summed E-state index contributed by atoms with van der Waals surface area (Å²) in [7, 11) is -5.17. The molecule has 0 radical (unpaired) electrons. The van der Waals surface area contributed by atoms with E-state index in [1.54, 1.807) is 0 Å². The van der Waals surface area contributed by atoms with Gasteiger partial charge in [0, 0.05) is 17.0 Å². The van der Waals surface area contributed by atoms with Gasteiger partial charge in [-0.1, -0.05) is 90.4 Å². The van der Waals surface area contributed by atoms with Crippen LogP contribution in [0.15, 0.2) is 0 Å². The summed E-state index contributed by atoms with van der Waals surface area (Å²) in [5.74, 6) is 0. The Morgan fingerprint density at radius 2 is 0.870 bits per heavy atom. The van der Waals surface area contributed by atoms with Crippen LogP contribution in [-0.2, 0) is 10.4 Å². The van der Waals surface area contributed by atoms with Crippen LogP contribution >= 0.6 is 0 Å². The molecule has 1 N–H and O–H groups in total. The summed E-state index contributed by atoms with van der Waals surface area (Å²) >= 11 is 0. The van der Waals surface area contributed by atoms with E-state index in [1.807, 2.05) is 0 Å². The molecular formula is C16H34MgO5S. The summed E-state index contributed by atoms with van der Waals surface area (Å²) in [6.45, 7) is 2.65. The fourth-order valence-electron chi connectivity index (χ4n) is 2.31. The van der Waals surface area contributed by atoms with Gasteiger partial charge in [-0.25, -0.2) is 0 Å². The van der Waals surface area contributed by atoms with E-state index in [0.717, 1.165) is 6.42 Å². The van der Waals surface area contributed by atoms with Gasteiger partial charge in [0.25, 0.3) is 0 Å². The Balaban J connectivity index is -0.000000578. The quantitative estimate of drug-likeness (QED) is 0.219. The molecule has 0 atom stereocenters. The zero-order valence-electron chi connectivity index (χ0n) is 14.8. The van der Waals surface area contributed by atoms with Crippen molar-refractivity contribution in [3.05, 3.63) is 0 Å². The van der Waals surface area contributed by atoms with Crippen molar-refractivity contribution in [2.45, 2.75) is 96.8 Å².